The molecule has 102 valence electrons. The second-order valence-corrected chi connectivity index (χ2v) is 5.50. The molecule has 1 unspecified atom stereocenters. The molecule has 0 bridgehead atoms. The monoisotopic (exact) mass is 289 g/mol. The molecule has 0 radical (unpaired) electrons. The molecule has 1 atom stereocenters. The second-order valence-electron chi connectivity index (χ2n) is 4.68. The summed E-state index contributed by atoms with van der Waals surface area (Å²) in [5.41, 5.74) is 0.853. The molecule has 0 aliphatic heterocycles. The number of hydrogen-bond donors (Lipinski definition) is 2. The Balaban J connectivity index is 2.46. The van der Waals surface area contributed by atoms with Gasteiger partial charge in [-0.15, -0.1) is 0 Å². The molecule has 1 aromatic rings. The number of nitrogens with one attached hydrogen (secondary N) is 1. The summed E-state index contributed by atoms with van der Waals surface area (Å²) in [6.07, 6.45) is 6.17. The van der Waals surface area contributed by atoms with Gasteiger partial charge >= 0.3 is 0 Å². The van der Waals surface area contributed by atoms with Gasteiger partial charge in [0.25, 0.3) is 0 Å². The third-order valence-electron chi connectivity index (χ3n) is 2.92. The van der Waals surface area contributed by atoms with Gasteiger partial charge in [0.15, 0.2) is 5.75 Å². The number of benzene rings is 1. The molecular formula is C14H21Cl2NO. The van der Waals surface area contributed by atoms with Crippen LogP contribution < -0.4 is 5.32 Å². The van der Waals surface area contributed by atoms with Crippen LogP contribution in [0, 0.1) is 0 Å². The molecule has 18 heavy (non-hydrogen) atoms. The zero-order valence-electron chi connectivity index (χ0n) is 11.0. The number of hydrogen-bond acceptors (Lipinski definition) is 2. The molecule has 0 heterocycles. The van der Waals surface area contributed by atoms with E-state index in [1.165, 1.54) is 25.7 Å². The first kappa shape index (κ1) is 15.5. The summed E-state index contributed by atoms with van der Waals surface area (Å²) < 4.78 is 0. The highest BCUT2D eigenvalue weighted by atomic mass is 35.5. The molecule has 0 saturated heterocycles. The largest absolute Gasteiger partial charge is 0.505 e. The molecule has 1 rings (SSSR count). The van der Waals surface area contributed by atoms with Gasteiger partial charge in [-0.1, -0.05) is 55.8 Å². The summed E-state index contributed by atoms with van der Waals surface area (Å²) in [6.45, 7) is 4.35. The third kappa shape index (κ3) is 4.95. The van der Waals surface area contributed by atoms with Crippen LogP contribution in [0.1, 0.15) is 46.0 Å². The van der Waals surface area contributed by atoms with Crippen LogP contribution in [-0.2, 0) is 0 Å². The maximum atomic E-state index is 9.47. The van der Waals surface area contributed by atoms with Crippen LogP contribution >= 0.6 is 23.2 Å². The van der Waals surface area contributed by atoms with Gasteiger partial charge in [0.05, 0.1) is 10.0 Å². The van der Waals surface area contributed by atoms with E-state index in [4.69, 9.17) is 23.2 Å². The maximum Gasteiger partial charge on any atom is 0.152 e. The normalized spacial score (nSPS) is 12.4. The lowest BCUT2D eigenvalue weighted by Crippen LogP contribution is -2.14. The van der Waals surface area contributed by atoms with Gasteiger partial charge in [-0.3, -0.25) is 0 Å². The van der Waals surface area contributed by atoms with E-state index in [0.29, 0.717) is 6.04 Å². The van der Waals surface area contributed by atoms with E-state index in [2.05, 4.69) is 19.2 Å². The van der Waals surface area contributed by atoms with Crippen LogP contribution in [0.25, 0.3) is 0 Å². The number of halogens is 2. The second kappa shape index (κ2) is 7.75. The highest BCUT2D eigenvalue weighted by molar-refractivity contribution is 6.37. The van der Waals surface area contributed by atoms with E-state index >= 15 is 0 Å². The van der Waals surface area contributed by atoms with Crippen LogP contribution in [0.4, 0.5) is 5.69 Å². The first-order valence-corrected chi connectivity index (χ1v) is 7.24. The lowest BCUT2D eigenvalue weighted by Gasteiger charge is -2.16. The molecule has 4 heteroatoms. The zero-order valence-corrected chi connectivity index (χ0v) is 12.5. The van der Waals surface area contributed by atoms with E-state index in [9.17, 15) is 5.11 Å². The van der Waals surface area contributed by atoms with E-state index in [-0.39, 0.29) is 15.8 Å². The SMILES string of the molecule is CCCCCCC(C)Nc1cc(Cl)c(O)c(Cl)c1. The van der Waals surface area contributed by atoms with Crippen molar-refractivity contribution < 1.29 is 5.11 Å². The Morgan fingerprint density at radius 2 is 1.78 bits per heavy atom. The standard InChI is InChI=1S/C14H21Cl2NO/c1-3-4-5-6-7-10(2)17-11-8-12(15)14(18)13(16)9-11/h8-10,17-18H,3-7H2,1-2H3. The van der Waals surface area contributed by atoms with Gasteiger partial charge in [0, 0.05) is 11.7 Å². The van der Waals surface area contributed by atoms with Crippen molar-refractivity contribution in [3.63, 3.8) is 0 Å². The Morgan fingerprint density at radius 1 is 1.17 bits per heavy atom. The smallest absolute Gasteiger partial charge is 0.152 e. The molecule has 2 N–H and O–H groups in total. The van der Waals surface area contributed by atoms with Crippen molar-refractivity contribution in [1.82, 2.24) is 0 Å². The van der Waals surface area contributed by atoms with Crippen molar-refractivity contribution >= 4 is 28.9 Å². The summed E-state index contributed by atoms with van der Waals surface area (Å²) in [5.74, 6) is -0.0560. The number of anilines is 1. The molecule has 0 amide bonds. The van der Waals surface area contributed by atoms with E-state index in [1.807, 2.05) is 0 Å². The van der Waals surface area contributed by atoms with Crippen LogP contribution in [0.15, 0.2) is 12.1 Å². The lowest BCUT2D eigenvalue weighted by atomic mass is 10.1. The minimum atomic E-state index is -0.0560. The van der Waals surface area contributed by atoms with Crippen LogP contribution in [0.2, 0.25) is 10.0 Å². The van der Waals surface area contributed by atoms with Gasteiger partial charge < -0.3 is 10.4 Å². The van der Waals surface area contributed by atoms with Crippen LogP contribution in [0.3, 0.4) is 0 Å². The summed E-state index contributed by atoms with van der Waals surface area (Å²) >= 11 is 11.7. The Morgan fingerprint density at radius 3 is 2.33 bits per heavy atom. The summed E-state index contributed by atoms with van der Waals surface area (Å²) in [7, 11) is 0. The van der Waals surface area contributed by atoms with Gasteiger partial charge in [0.2, 0.25) is 0 Å². The number of phenolic OH excluding ortho intramolecular Hbond substituents is 1. The fourth-order valence-corrected chi connectivity index (χ4v) is 2.37. The summed E-state index contributed by atoms with van der Waals surface area (Å²) in [5, 5.41) is 13.4. The van der Waals surface area contributed by atoms with E-state index in [0.717, 1.165) is 12.1 Å². The topological polar surface area (TPSA) is 32.3 Å². The minimum absolute atomic E-state index is 0.0560. The van der Waals surface area contributed by atoms with Crippen LogP contribution in [0.5, 0.6) is 5.75 Å². The number of phenols is 1. The number of rotatable bonds is 7. The molecule has 2 nitrogen and oxygen atoms in total. The first-order chi connectivity index (χ1) is 8.54. The molecule has 0 spiro atoms. The Bertz CT molecular complexity index is 359. The van der Waals surface area contributed by atoms with Gasteiger partial charge in [-0.2, -0.15) is 0 Å². The number of aromatic hydroxyl groups is 1. The fourth-order valence-electron chi connectivity index (χ4n) is 1.88. The van der Waals surface area contributed by atoms with Gasteiger partial charge in [0.1, 0.15) is 0 Å². The predicted molar refractivity (Wildman–Crippen MR) is 80.0 cm³/mol. The average Bonchev–Trinajstić information content (AvgIpc) is 2.31. The van der Waals surface area contributed by atoms with Crippen molar-refractivity contribution in [2.45, 2.75) is 52.0 Å². The van der Waals surface area contributed by atoms with Gasteiger partial charge in [-0.05, 0) is 25.5 Å². The lowest BCUT2D eigenvalue weighted by molar-refractivity contribution is 0.476. The fraction of sp³-hybridized carbons (Fsp3) is 0.571. The molecule has 0 saturated carbocycles. The number of unbranched alkanes of at least 4 members (excludes halogenated alkanes) is 3. The first-order valence-electron chi connectivity index (χ1n) is 6.49. The van der Waals surface area contributed by atoms with Crippen molar-refractivity contribution in [2.75, 3.05) is 5.32 Å². The summed E-state index contributed by atoms with van der Waals surface area (Å²) in [6, 6.07) is 3.77. The Kier molecular flexibility index (Phi) is 6.66. The summed E-state index contributed by atoms with van der Waals surface area (Å²) in [4.78, 5) is 0. The van der Waals surface area contributed by atoms with E-state index < -0.39 is 0 Å². The molecule has 0 fully saturated rings. The highest BCUT2D eigenvalue weighted by Crippen LogP contribution is 2.34. The molecule has 0 aliphatic rings. The van der Waals surface area contributed by atoms with Gasteiger partial charge in [-0.25, -0.2) is 0 Å². The van der Waals surface area contributed by atoms with Crippen molar-refractivity contribution in [1.29, 1.82) is 0 Å². The Labute approximate surface area is 119 Å². The van der Waals surface area contributed by atoms with Crippen molar-refractivity contribution in [3.8, 4) is 5.75 Å². The van der Waals surface area contributed by atoms with Crippen LogP contribution in [-0.4, -0.2) is 11.1 Å². The molecular weight excluding hydrogens is 269 g/mol. The minimum Gasteiger partial charge on any atom is -0.505 e. The van der Waals surface area contributed by atoms with Crippen molar-refractivity contribution in [3.05, 3.63) is 22.2 Å². The molecule has 0 aliphatic carbocycles. The van der Waals surface area contributed by atoms with Crippen molar-refractivity contribution in [2.24, 2.45) is 0 Å². The predicted octanol–water partition coefficient (Wildman–Crippen LogP) is 5.47. The molecule has 0 aromatic heterocycles. The maximum absolute atomic E-state index is 9.47. The average molecular weight is 290 g/mol. The third-order valence-corrected chi connectivity index (χ3v) is 3.50. The Hall–Kier alpha value is -0.600. The van der Waals surface area contributed by atoms with E-state index in [1.54, 1.807) is 12.1 Å². The zero-order chi connectivity index (χ0) is 13.5. The highest BCUT2D eigenvalue weighted by Gasteiger charge is 2.08. The molecule has 1 aromatic carbocycles. The quantitative estimate of drug-likeness (QED) is 0.515.